The smallest absolute Gasteiger partial charge is 0.124 e. The van der Waals surface area contributed by atoms with Crippen LogP contribution in [0.4, 0.5) is 0 Å². The van der Waals surface area contributed by atoms with E-state index >= 15 is 0 Å². The standard InChI is InChI=1S/C14H22N2OS/c1-2-9-17-12-7-4-3-6-11(12)14(16-15)13-8-5-10-18-13/h3-4,6-7,13-14,16H,2,5,8-10,15H2,1H3. The molecule has 1 aliphatic rings. The number of hydrazine groups is 1. The molecule has 100 valence electrons. The average Bonchev–Trinajstić information content (AvgIpc) is 2.92. The van der Waals surface area contributed by atoms with Gasteiger partial charge in [0.25, 0.3) is 0 Å². The van der Waals surface area contributed by atoms with E-state index in [1.54, 1.807) is 0 Å². The van der Waals surface area contributed by atoms with E-state index in [4.69, 9.17) is 10.6 Å². The van der Waals surface area contributed by atoms with E-state index in [0.717, 1.165) is 18.8 Å². The first-order chi connectivity index (χ1) is 8.86. The Balaban J connectivity index is 2.17. The molecule has 0 amide bonds. The first-order valence-electron chi connectivity index (χ1n) is 6.66. The van der Waals surface area contributed by atoms with Crippen LogP contribution in [0.15, 0.2) is 24.3 Å². The van der Waals surface area contributed by atoms with Crippen molar-refractivity contribution in [3.63, 3.8) is 0 Å². The van der Waals surface area contributed by atoms with E-state index in [0.29, 0.717) is 5.25 Å². The summed E-state index contributed by atoms with van der Waals surface area (Å²) < 4.78 is 5.82. The topological polar surface area (TPSA) is 47.3 Å². The molecule has 1 aromatic carbocycles. The number of hydrogen-bond donors (Lipinski definition) is 2. The van der Waals surface area contributed by atoms with Crippen molar-refractivity contribution in [2.24, 2.45) is 5.84 Å². The van der Waals surface area contributed by atoms with Crippen LogP contribution in [-0.2, 0) is 0 Å². The molecule has 1 aliphatic heterocycles. The third-order valence-corrected chi connectivity index (χ3v) is 4.69. The molecule has 0 bridgehead atoms. The van der Waals surface area contributed by atoms with Gasteiger partial charge in [-0.15, -0.1) is 0 Å². The van der Waals surface area contributed by atoms with Gasteiger partial charge in [-0.3, -0.25) is 11.3 Å². The molecule has 0 aromatic heterocycles. The highest BCUT2D eigenvalue weighted by molar-refractivity contribution is 8.00. The molecule has 18 heavy (non-hydrogen) atoms. The summed E-state index contributed by atoms with van der Waals surface area (Å²) in [5.74, 6) is 7.97. The molecule has 1 heterocycles. The van der Waals surface area contributed by atoms with Crippen molar-refractivity contribution in [3.8, 4) is 5.75 Å². The first-order valence-corrected chi connectivity index (χ1v) is 7.71. The Hall–Kier alpha value is -0.710. The Labute approximate surface area is 113 Å². The highest BCUT2D eigenvalue weighted by Gasteiger charge is 2.28. The molecular formula is C14H22N2OS. The lowest BCUT2D eigenvalue weighted by atomic mass is 10.0. The van der Waals surface area contributed by atoms with Crippen LogP contribution >= 0.6 is 11.8 Å². The van der Waals surface area contributed by atoms with Crippen LogP contribution in [0, 0.1) is 0 Å². The number of para-hydroxylation sites is 1. The number of rotatable bonds is 6. The average molecular weight is 266 g/mol. The number of nitrogens with one attached hydrogen (secondary N) is 1. The zero-order valence-corrected chi connectivity index (χ0v) is 11.7. The molecule has 3 nitrogen and oxygen atoms in total. The fraction of sp³-hybridized carbons (Fsp3) is 0.571. The predicted octanol–water partition coefficient (Wildman–Crippen LogP) is 2.88. The molecule has 0 radical (unpaired) electrons. The normalized spacial score (nSPS) is 20.9. The van der Waals surface area contributed by atoms with Crippen LogP contribution in [-0.4, -0.2) is 17.6 Å². The molecule has 2 unspecified atom stereocenters. The number of thioether (sulfide) groups is 1. The lowest BCUT2D eigenvalue weighted by Gasteiger charge is -2.24. The summed E-state index contributed by atoms with van der Waals surface area (Å²) in [5.41, 5.74) is 4.16. The molecule has 2 rings (SSSR count). The van der Waals surface area contributed by atoms with Crippen LogP contribution < -0.4 is 16.0 Å². The van der Waals surface area contributed by atoms with Gasteiger partial charge in [-0.25, -0.2) is 0 Å². The molecule has 4 heteroatoms. The SMILES string of the molecule is CCCOc1ccccc1C(NN)C1CCCS1. The lowest BCUT2D eigenvalue weighted by Crippen LogP contribution is -2.34. The van der Waals surface area contributed by atoms with E-state index in [1.807, 2.05) is 23.9 Å². The molecule has 0 aliphatic carbocycles. The lowest BCUT2D eigenvalue weighted by molar-refractivity contribution is 0.309. The molecule has 2 atom stereocenters. The third kappa shape index (κ3) is 3.19. The predicted molar refractivity (Wildman–Crippen MR) is 77.8 cm³/mol. The minimum atomic E-state index is 0.186. The van der Waals surface area contributed by atoms with Crippen LogP contribution in [0.5, 0.6) is 5.75 Å². The number of benzene rings is 1. The Bertz CT molecular complexity index is 367. The fourth-order valence-electron chi connectivity index (χ4n) is 2.34. The van der Waals surface area contributed by atoms with Crippen molar-refractivity contribution in [1.82, 2.24) is 5.43 Å². The van der Waals surface area contributed by atoms with Gasteiger partial charge in [-0.1, -0.05) is 25.1 Å². The molecule has 1 fully saturated rings. The van der Waals surface area contributed by atoms with Gasteiger partial charge in [0.05, 0.1) is 12.6 Å². The summed E-state index contributed by atoms with van der Waals surface area (Å²) in [7, 11) is 0. The van der Waals surface area contributed by atoms with E-state index in [-0.39, 0.29) is 6.04 Å². The number of hydrogen-bond acceptors (Lipinski definition) is 4. The summed E-state index contributed by atoms with van der Waals surface area (Å²) in [6.07, 6.45) is 3.53. The van der Waals surface area contributed by atoms with Gasteiger partial charge in [0.15, 0.2) is 0 Å². The van der Waals surface area contributed by atoms with Gasteiger partial charge in [0.2, 0.25) is 0 Å². The van der Waals surface area contributed by atoms with Gasteiger partial charge in [0.1, 0.15) is 5.75 Å². The van der Waals surface area contributed by atoms with Crippen LogP contribution in [0.3, 0.4) is 0 Å². The Kier molecular flexibility index (Phi) is 5.35. The van der Waals surface area contributed by atoms with Crippen LogP contribution in [0.1, 0.15) is 37.8 Å². The maximum Gasteiger partial charge on any atom is 0.124 e. The van der Waals surface area contributed by atoms with E-state index in [2.05, 4.69) is 24.5 Å². The highest BCUT2D eigenvalue weighted by Crippen LogP contribution is 2.38. The fourth-order valence-corrected chi connectivity index (χ4v) is 3.73. The molecule has 1 aromatic rings. The largest absolute Gasteiger partial charge is 0.493 e. The molecule has 3 N–H and O–H groups in total. The second-order valence-electron chi connectivity index (χ2n) is 4.58. The van der Waals surface area contributed by atoms with Gasteiger partial charge in [0, 0.05) is 10.8 Å². The van der Waals surface area contributed by atoms with Gasteiger partial charge in [-0.2, -0.15) is 11.8 Å². The minimum absolute atomic E-state index is 0.186. The summed E-state index contributed by atoms with van der Waals surface area (Å²) in [6.45, 7) is 2.88. The maximum atomic E-state index is 5.82. The zero-order valence-electron chi connectivity index (χ0n) is 10.9. The van der Waals surface area contributed by atoms with Gasteiger partial charge < -0.3 is 4.74 Å². The third-order valence-electron chi connectivity index (χ3n) is 3.23. The van der Waals surface area contributed by atoms with Crippen molar-refractivity contribution >= 4 is 11.8 Å². The number of ether oxygens (including phenoxy) is 1. The van der Waals surface area contributed by atoms with Crippen molar-refractivity contribution in [1.29, 1.82) is 0 Å². The first kappa shape index (κ1) is 13.7. The van der Waals surface area contributed by atoms with Crippen LogP contribution in [0.25, 0.3) is 0 Å². The van der Waals surface area contributed by atoms with Gasteiger partial charge in [-0.05, 0) is 31.1 Å². The zero-order chi connectivity index (χ0) is 12.8. The second kappa shape index (κ2) is 7.02. The number of nitrogens with two attached hydrogens (primary N) is 1. The molecule has 0 spiro atoms. The Morgan fingerprint density at radius 1 is 1.50 bits per heavy atom. The molecule has 1 saturated heterocycles. The summed E-state index contributed by atoms with van der Waals surface area (Å²) in [6, 6.07) is 8.41. The van der Waals surface area contributed by atoms with E-state index in [9.17, 15) is 0 Å². The Morgan fingerprint density at radius 2 is 2.33 bits per heavy atom. The van der Waals surface area contributed by atoms with Crippen molar-refractivity contribution in [2.45, 2.75) is 37.5 Å². The van der Waals surface area contributed by atoms with Crippen molar-refractivity contribution in [3.05, 3.63) is 29.8 Å². The summed E-state index contributed by atoms with van der Waals surface area (Å²) >= 11 is 2.00. The van der Waals surface area contributed by atoms with E-state index < -0.39 is 0 Å². The van der Waals surface area contributed by atoms with Crippen LogP contribution in [0.2, 0.25) is 0 Å². The maximum absolute atomic E-state index is 5.82. The van der Waals surface area contributed by atoms with Gasteiger partial charge >= 0.3 is 0 Å². The monoisotopic (exact) mass is 266 g/mol. The highest BCUT2D eigenvalue weighted by atomic mass is 32.2. The van der Waals surface area contributed by atoms with Crippen molar-refractivity contribution < 1.29 is 4.74 Å². The molecular weight excluding hydrogens is 244 g/mol. The quantitative estimate of drug-likeness (QED) is 0.614. The summed E-state index contributed by atoms with van der Waals surface area (Å²) in [5, 5.41) is 0.557. The van der Waals surface area contributed by atoms with Crippen molar-refractivity contribution in [2.75, 3.05) is 12.4 Å². The Morgan fingerprint density at radius 3 is 3.00 bits per heavy atom. The minimum Gasteiger partial charge on any atom is -0.493 e. The summed E-state index contributed by atoms with van der Waals surface area (Å²) in [4.78, 5) is 0. The second-order valence-corrected chi connectivity index (χ2v) is 5.93. The van der Waals surface area contributed by atoms with E-state index in [1.165, 1.54) is 24.2 Å². The molecule has 0 saturated carbocycles.